The Bertz CT molecular complexity index is 313. The Kier molecular flexibility index (Phi) is 5.87. The number of hydrogen-bond donors (Lipinski definition) is 0. The first-order chi connectivity index (χ1) is 7.84. The zero-order valence-corrected chi connectivity index (χ0v) is 10.7. The molecule has 0 spiro atoms. The van der Waals surface area contributed by atoms with E-state index in [4.69, 9.17) is 0 Å². The van der Waals surface area contributed by atoms with Gasteiger partial charge in [0.25, 0.3) is 0 Å². The summed E-state index contributed by atoms with van der Waals surface area (Å²) in [5.74, 6) is 0. The summed E-state index contributed by atoms with van der Waals surface area (Å²) in [4.78, 5) is 2.50. The van der Waals surface area contributed by atoms with Gasteiger partial charge in [-0.3, -0.25) is 4.90 Å². The van der Waals surface area contributed by atoms with Crippen LogP contribution in [0.25, 0.3) is 0 Å². The second kappa shape index (κ2) is 7.24. The summed E-state index contributed by atoms with van der Waals surface area (Å²) in [7, 11) is 0. The molecular formula is C15H23N. The monoisotopic (exact) mass is 217 g/mol. The minimum atomic E-state index is 1.09. The predicted octanol–water partition coefficient (Wildman–Crippen LogP) is 3.86. The Balaban J connectivity index is 0.000000606. The van der Waals surface area contributed by atoms with Crippen LogP contribution in [-0.2, 0) is 6.54 Å². The largest absolute Gasteiger partial charge is 0.295 e. The molecule has 0 fully saturated rings. The zero-order valence-electron chi connectivity index (χ0n) is 10.7. The first-order valence-electron chi connectivity index (χ1n) is 6.26. The van der Waals surface area contributed by atoms with E-state index in [1.165, 1.54) is 24.1 Å². The number of hydrogen-bond acceptors (Lipinski definition) is 1. The number of benzene rings is 1. The molecule has 1 aromatic rings. The van der Waals surface area contributed by atoms with Crippen LogP contribution in [0.15, 0.2) is 42.0 Å². The molecule has 1 nitrogen and oxygen atoms in total. The summed E-state index contributed by atoms with van der Waals surface area (Å²) < 4.78 is 0. The fourth-order valence-electron chi connectivity index (χ4n) is 1.97. The van der Waals surface area contributed by atoms with Gasteiger partial charge in [-0.05, 0) is 18.9 Å². The topological polar surface area (TPSA) is 3.24 Å². The van der Waals surface area contributed by atoms with Crippen LogP contribution >= 0.6 is 0 Å². The highest BCUT2D eigenvalue weighted by atomic mass is 15.1. The molecule has 1 aliphatic heterocycles. The lowest BCUT2D eigenvalue weighted by molar-refractivity contribution is 0.282. The van der Waals surface area contributed by atoms with Gasteiger partial charge in [-0.2, -0.15) is 0 Å². The Morgan fingerprint density at radius 3 is 2.44 bits per heavy atom. The second-order valence-corrected chi connectivity index (χ2v) is 4.04. The summed E-state index contributed by atoms with van der Waals surface area (Å²) in [5.41, 5.74) is 2.93. The van der Waals surface area contributed by atoms with Gasteiger partial charge in [-0.25, -0.2) is 0 Å². The maximum absolute atomic E-state index is 2.50. The standard InChI is InChI=1S/C13H17N.C2H6/c1-12-6-5-9-14(10-12)11-13-7-3-2-4-8-13;1-2/h2-4,6-8H,5,9-11H2,1H3;1-2H3. The van der Waals surface area contributed by atoms with Gasteiger partial charge in [0.1, 0.15) is 0 Å². The van der Waals surface area contributed by atoms with Crippen LogP contribution in [-0.4, -0.2) is 18.0 Å². The van der Waals surface area contributed by atoms with Crippen LogP contribution in [0.3, 0.4) is 0 Å². The van der Waals surface area contributed by atoms with Crippen molar-refractivity contribution in [3.8, 4) is 0 Å². The molecule has 0 aromatic heterocycles. The quantitative estimate of drug-likeness (QED) is 0.680. The third-order valence-corrected chi connectivity index (χ3v) is 2.66. The van der Waals surface area contributed by atoms with Crippen molar-refractivity contribution in [2.75, 3.05) is 13.1 Å². The van der Waals surface area contributed by atoms with Crippen LogP contribution < -0.4 is 0 Å². The van der Waals surface area contributed by atoms with Gasteiger partial charge in [0.15, 0.2) is 0 Å². The molecule has 0 bridgehead atoms. The first kappa shape index (κ1) is 13.0. The average molecular weight is 217 g/mol. The van der Waals surface area contributed by atoms with E-state index in [1.54, 1.807) is 0 Å². The minimum Gasteiger partial charge on any atom is -0.295 e. The van der Waals surface area contributed by atoms with Gasteiger partial charge in [-0.15, -0.1) is 0 Å². The molecule has 0 unspecified atom stereocenters. The SMILES string of the molecule is CC.CC1=CCCN(Cc2ccccc2)C1. The van der Waals surface area contributed by atoms with E-state index in [0.29, 0.717) is 0 Å². The van der Waals surface area contributed by atoms with Gasteiger partial charge in [-0.1, -0.05) is 55.8 Å². The van der Waals surface area contributed by atoms with E-state index in [1.807, 2.05) is 13.8 Å². The summed E-state index contributed by atoms with van der Waals surface area (Å²) in [6.45, 7) is 9.64. The van der Waals surface area contributed by atoms with Gasteiger partial charge in [0, 0.05) is 19.6 Å². The summed E-state index contributed by atoms with van der Waals surface area (Å²) in [6, 6.07) is 10.7. The number of rotatable bonds is 2. The van der Waals surface area contributed by atoms with Crippen LogP contribution in [0.1, 0.15) is 32.8 Å². The summed E-state index contributed by atoms with van der Waals surface area (Å²) in [5, 5.41) is 0. The lowest BCUT2D eigenvalue weighted by Gasteiger charge is -2.25. The molecule has 1 aliphatic rings. The molecule has 16 heavy (non-hydrogen) atoms. The van der Waals surface area contributed by atoms with E-state index in [2.05, 4.69) is 48.2 Å². The van der Waals surface area contributed by atoms with Crippen molar-refractivity contribution < 1.29 is 0 Å². The first-order valence-corrected chi connectivity index (χ1v) is 6.26. The van der Waals surface area contributed by atoms with Crippen LogP contribution in [0.5, 0.6) is 0 Å². The fraction of sp³-hybridized carbons (Fsp3) is 0.467. The van der Waals surface area contributed by atoms with E-state index in [-0.39, 0.29) is 0 Å². The van der Waals surface area contributed by atoms with E-state index in [0.717, 1.165) is 13.1 Å². The van der Waals surface area contributed by atoms with Crippen molar-refractivity contribution >= 4 is 0 Å². The smallest absolute Gasteiger partial charge is 0.0237 e. The summed E-state index contributed by atoms with van der Waals surface area (Å²) in [6.07, 6.45) is 3.56. The Hall–Kier alpha value is -1.08. The van der Waals surface area contributed by atoms with Crippen molar-refractivity contribution in [3.05, 3.63) is 47.5 Å². The van der Waals surface area contributed by atoms with Crippen LogP contribution in [0, 0.1) is 0 Å². The molecular weight excluding hydrogens is 194 g/mol. The van der Waals surface area contributed by atoms with Gasteiger partial charge >= 0.3 is 0 Å². The second-order valence-electron chi connectivity index (χ2n) is 4.04. The van der Waals surface area contributed by atoms with Crippen molar-refractivity contribution in [3.63, 3.8) is 0 Å². The van der Waals surface area contributed by atoms with E-state index in [9.17, 15) is 0 Å². The third kappa shape index (κ3) is 4.19. The highest BCUT2D eigenvalue weighted by Crippen LogP contribution is 2.12. The van der Waals surface area contributed by atoms with Gasteiger partial charge in [0.05, 0.1) is 0 Å². The van der Waals surface area contributed by atoms with Crippen molar-refractivity contribution in [1.82, 2.24) is 4.90 Å². The molecule has 0 radical (unpaired) electrons. The van der Waals surface area contributed by atoms with Gasteiger partial charge < -0.3 is 0 Å². The van der Waals surface area contributed by atoms with Crippen molar-refractivity contribution in [2.24, 2.45) is 0 Å². The van der Waals surface area contributed by atoms with Crippen LogP contribution in [0.4, 0.5) is 0 Å². The Labute approximate surface area is 99.8 Å². The molecule has 1 heterocycles. The lowest BCUT2D eigenvalue weighted by atomic mass is 10.1. The highest BCUT2D eigenvalue weighted by molar-refractivity contribution is 5.15. The molecule has 1 aromatic carbocycles. The van der Waals surface area contributed by atoms with E-state index >= 15 is 0 Å². The van der Waals surface area contributed by atoms with Crippen molar-refractivity contribution in [2.45, 2.75) is 33.7 Å². The fourth-order valence-corrected chi connectivity index (χ4v) is 1.97. The molecule has 0 saturated carbocycles. The Morgan fingerprint density at radius 1 is 1.12 bits per heavy atom. The third-order valence-electron chi connectivity index (χ3n) is 2.66. The molecule has 2 rings (SSSR count). The van der Waals surface area contributed by atoms with E-state index < -0.39 is 0 Å². The number of nitrogens with zero attached hydrogens (tertiary/aromatic N) is 1. The molecule has 0 amide bonds. The molecule has 0 atom stereocenters. The summed E-state index contributed by atoms with van der Waals surface area (Å²) >= 11 is 0. The molecule has 0 N–H and O–H groups in total. The average Bonchev–Trinajstić information content (AvgIpc) is 2.33. The van der Waals surface area contributed by atoms with Crippen molar-refractivity contribution in [1.29, 1.82) is 0 Å². The Morgan fingerprint density at radius 2 is 1.81 bits per heavy atom. The molecule has 0 saturated heterocycles. The highest BCUT2D eigenvalue weighted by Gasteiger charge is 2.09. The molecule has 88 valence electrons. The zero-order chi connectivity index (χ0) is 11.8. The normalized spacial score (nSPS) is 16.1. The maximum atomic E-state index is 2.50. The van der Waals surface area contributed by atoms with Crippen LogP contribution in [0.2, 0.25) is 0 Å². The van der Waals surface area contributed by atoms with Gasteiger partial charge in [0.2, 0.25) is 0 Å². The molecule has 0 aliphatic carbocycles. The maximum Gasteiger partial charge on any atom is 0.0237 e. The lowest BCUT2D eigenvalue weighted by Crippen LogP contribution is -2.28. The predicted molar refractivity (Wildman–Crippen MR) is 71.4 cm³/mol. The molecule has 1 heteroatoms. The minimum absolute atomic E-state index is 1.09.